The molecule has 0 amide bonds. The minimum Gasteiger partial charge on any atom is -0.497 e. The second kappa shape index (κ2) is 5.80. The van der Waals surface area contributed by atoms with Crippen molar-refractivity contribution in [1.82, 2.24) is 0 Å². The highest BCUT2D eigenvalue weighted by molar-refractivity contribution is 5.85. The molecular formula is C13H16O4. The van der Waals surface area contributed by atoms with Crippen molar-refractivity contribution < 1.29 is 19.0 Å². The summed E-state index contributed by atoms with van der Waals surface area (Å²) in [6.45, 7) is 1.43. The molecule has 1 unspecified atom stereocenters. The van der Waals surface area contributed by atoms with E-state index in [1.54, 1.807) is 7.11 Å². The highest BCUT2D eigenvalue weighted by Crippen LogP contribution is 2.14. The predicted molar refractivity (Wildman–Crippen MR) is 62.3 cm³/mol. The van der Waals surface area contributed by atoms with Crippen LogP contribution in [0, 0.1) is 0 Å². The second-order valence-corrected chi connectivity index (χ2v) is 3.93. The highest BCUT2D eigenvalue weighted by atomic mass is 16.6. The van der Waals surface area contributed by atoms with E-state index in [1.807, 2.05) is 24.3 Å². The zero-order valence-electron chi connectivity index (χ0n) is 9.85. The normalized spacial score (nSPS) is 19.9. The van der Waals surface area contributed by atoms with Crippen molar-refractivity contribution in [2.24, 2.45) is 0 Å². The maximum atomic E-state index is 11.9. The Labute approximate surface area is 100 Å². The number of rotatable bonds is 4. The lowest BCUT2D eigenvalue weighted by Gasteiger charge is -2.21. The van der Waals surface area contributed by atoms with Gasteiger partial charge < -0.3 is 14.2 Å². The number of carbonyl (C=O) groups excluding carboxylic acids is 1. The van der Waals surface area contributed by atoms with Crippen LogP contribution in [0.3, 0.4) is 0 Å². The van der Waals surface area contributed by atoms with E-state index in [1.165, 1.54) is 0 Å². The average molecular weight is 236 g/mol. The molecule has 0 saturated carbocycles. The molecule has 0 spiro atoms. The van der Waals surface area contributed by atoms with E-state index in [9.17, 15) is 4.79 Å². The topological polar surface area (TPSA) is 44.8 Å². The van der Waals surface area contributed by atoms with Crippen LogP contribution in [0.4, 0.5) is 0 Å². The summed E-state index contributed by atoms with van der Waals surface area (Å²) in [5.41, 5.74) is 0.934. The molecule has 17 heavy (non-hydrogen) atoms. The summed E-state index contributed by atoms with van der Waals surface area (Å²) >= 11 is 0. The van der Waals surface area contributed by atoms with Gasteiger partial charge in [-0.2, -0.15) is 0 Å². The lowest BCUT2D eigenvalue weighted by Crippen LogP contribution is -2.36. The van der Waals surface area contributed by atoms with Gasteiger partial charge in [0.1, 0.15) is 11.9 Å². The van der Waals surface area contributed by atoms with Crippen LogP contribution in [0.5, 0.6) is 5.75 Å². The van der Waals surface area contributed by atoms with Gasteiger partial charge in [-0.25, -0.2) is 0 Å². The fourth-order valence-corrected chi connectivity index (χ4v) is 1.77. The molecule has 0 aliphatic carbocycles. The smallest absolute Gasteiger partial charge is 0.168 e. The zero-order chi connectivity index (χ0) is 12.1. The Morgan fingerprint density at radius 2 is 2.35 bits per heavy atom. The largest absolute Gasteiger partial charge is 0.497 e. The minimum absolute atomic E-state index is 0.0537. The van der Waals surface area contributed by atoms with E-state index in [-0.39, 0.29) is 5.78 Å². The Morgan fingerprint density at radius 1 is 1.47 bits per heavy atom. The summed E-state index contributed by atoms with van der Waals surface area (Å²) in [6, 6.07) is 7.50. The fraction of sp³-hybridized carbons (Fsp3) is 0.462. The van der Waals surface area contributed by atoms with E-state index in [2.05, 4.69) is 0 Å². The second-order valence-electron chi connectivity index (χ2n) is 3.93. The Bertz CT molecular complexity index is 383. The summed E-state index contributed by atoms with van der Waals surface area (Å²) < 4.78 is 15.7. The van der Waals surface area contributed by atoms with E-state index < -0.39 is 6.10 Å². The number of ether oxygens (including phenoxy) is 3. The van der Waals surface area contributed by atoms with E-state index in [0.29, 0.717) is 26.2 Å². The van der Waals surface area contributed by atoms with Gasteiger partial charge in [-0.1, -0.05) is 12.1 Å². The van der Waals surface area contributed by atoms with Crippen LogP contribution in [-0.2, 0) is 20.7 Å². The quantitative estimate of drug-likeness (QED) is 0.788. The molecule has 0 radical (unpaired) electrons. The fourth-order valence-electron chi connectivity index (χ4n) is 1.77. The lowest BCUT2D eigenvalue weighted by atomic mass is 10.1. The van der Waals surface area contributed by atoms with Crippen LogP contribution >= 0.6 is 0 Å². The van der Waals surface area contributed by atoms with Gasteiger partial charge in [0, 0.05) is 6.42 Å². The molecule has 0 aromatic heterocycles. The van der Waals surface area contributed by atoms with Crippen LogP contribution in [0.15, 0.2) is 24.3 Å². The third-order valence-corrected chi connectivity index (χ3v) is 2.69. The van der Waals surface area contributed by atoms with Crippen molar-refractivity contribution in [3.8, 4) is 5.75 Å². The molecule has 1 aliphatic heterocycles. The summed E-state index contributed by atoms with van der Waals surface area (Å²) in [5.74, 6) is 0.814. The maximum absolute atomic E-state index is 11.9. The molecule has 4 nitrogen and oxygen atoms in total. The Kier molecular flexibility index (Phi) is 4.12. The van der Waals surface area contributed by atoms with Crippen LogP contribution in [0.25, 0.3) is 0 Å². The SMILES string of the molecule is COc1cccc(CC(=O)C2COCCO2)c1. The Morgan fingerprint density at radius 3 is 3.06 bits per heavy atom. The number of ketones is 1. The molecular weight excluding hydrogens is 220 g/mol. The van der Waals surface area contributed by atoms with Crippen molar-refractivity contribution in [2.75, 3.05) is 26.9 Å². The molecule has 1 heterocycles. The van der Waals surface area contributed by atoms with Gasteiger partial charge in [-0.3, -0.25) is 4.79 Å². The van der Waals surface area contributed by atoms with Gasteiger partial charge in [-0.15, -0.1) is 0 Å². The number of hydrogen-bond acceptors (Lipinski definition) is 4. The summed E-state index contributed by atoms with van der Waals surface area (Å²) in [5, 5.41) is 0. The van der Waals surface area contributed by atoms with Crippen molar-refractivity contribution in [2.45, 2.75) is 12.5 Å². The molecule has 1 fully saturated rings. The Hall–Kier alpha value is -1.39. The van der Waals surface area contributed by atoms with Gasteiger partial charge >= 0.3 is 0 Å². The number of methoxy groups -OCH3 is 1. The molecule has 1 aromatic carbocycles. The first-order chi connectivity index (χ1) is 8.29. The monoisotopic (exact) mass is 236 g/mol. The number of benzene rings is 1. The first kappa shape index (κ1) is 12.1. The van der Waals surface area contributed by atoms with Crippen LogP contribution < -0.4 is 4.74 Å². The molecule has 1 saturated heterocycles. The average Bonchev–Trinajstić information content (AvgIpc) is 2.40. The lowest BCUT2D eigenvalue weighted by molar-refractivity contribution is -0.144. The summed E-state index contributed by atoms with van der Waals surface area (Å²) in [6.07, 6.45) is -0.0689. The molecule has 1 atom stereocenters. The molecule has 92 valence electrons. The van der Waals surface area contributed by atoms with Crippen molar-refractivity contribution >= 4 is 5.78 Å². The predicted octanol–water partition coefficient (Wildman–Crippen LogP) is 1.22. The van der Waals surface area contributed by atoms with Gasteiger partial charge in [0.2, 0.25) is 0 Å². The van der Waals surface area contributed by atoms with Crippen LogP contribution in [0.2, 0.25) is 0 Å². The van der Waals surface area contributed by atoms with E-state index in [4.69, 9.17) is 14.2 Å². The zero-order valence-corrected chi connectivity index (χ0v) is 9.85. The third-order valence-electron chi connectivity index (χ3n) is 2.69. The van der Waals surface area contributed by atoms with Gasteiger partial charge in [0.25, 0.3) is 0 Å². The summed E-state index contributed by atoms with van der Waals surface area (Å²) in [4.78, 5) is 11.9. The minimum atomic E-state index is -0.421. The number of Topliss-reactive ketones (excluding diaryl/α,β-unsaturated/α-hetero) is 1. The molecule has 0 N–H and O–H groups in total. The van der Waals surface area contributed by atoms with Crippen LogP contribution in [-0.4, -0.2) is 38.8 Å². The molecule has 1 aliphatic rings. The van der Waals surface area contributed by atoms with Crippen molar-refractivity contribution in [1.29, 1.82) is 0 Å². The number of carbonyl (C=O) groups is 1. The third kappa shape index (κ3) is 3.28. The van der Waals surface area contributed by atoms with Crippen molar-refractivity contribution in [3.63, 3.8) is 0 Å². The summed E-state index contributed by atoms with van der Waals surface area (Å²) in [7, 11) is 1.61. The van der Waals surface area contributed by atoms with Gasteiger partial charge in [-0.05, 0) is 17.7 Å². The maximum Gasteiger partial charge on any atom is 0.168 e. The van der Waals surface area contributed by atoms with Gasteiger partial charge in [0.05, 0.1) is 26.9 Å². The number of hydrogen-bond donors (Lipinski definition) is 0. The standard InChI is InChI=1S/C13H16O4/c1-15-11-4-2-3-10(7-11)8-12(14)13-9-16-5-6-17-13/h2-4,7,13H,5-6,8-9H2,1H3. The molecule has 2 rings (SSSR count). The highest BCUT2D eigenvalue weighted by Gasteiger charge is 2.22. The molecule has 1 aromatic rings. The van der Waals surface area contributed by atoms with Crippen molar-refractivity contribution in [3.05, 3.63) is 29.8 Å². The first-order valence-corrected chi connectivity index (χ1v) is 5.64. The van der Waals surface area contributed by atoms with E-state index in [0.717, 1.165) is 11.3 Å². The van der Waals surface area contributed by atoms with E-state index >= 15 is 0 Å². The van der Waals surface area contributed by atoms with Gasteiger partial charge in [0.15, 0.2) is 5.78 Å². The molecule has 0 bridgehead atoms. The molecule has 4 heteroatoms. The first-order valence-electron chi connectivity index (χ1n) is 5.64. The van der Waals surface area contributed by atoms with Crippen LogP contribution in [0.1, 0.15) is 5.56 Å². The Balaban J connectivity index is 1.96.